The number of nitrogens with zero attached hydrogens (tertiary/aromatic N) is 2. The Bertz CT molecular complexity index is 1390. The Labute approximate surface area is 225 Å². The molecule has 1 aromatic heterocycles. The Morgan fingerprint density at radius 3 is 2.51 bits per heavy atom. The molecule has 1 aliphatic rings. The fourth-order valence-corrected chi connectivity index (χ4v) is 4.68. The lowest BCUT2D eigenvalue weighted by Gasteiger charge is -2.22. The van der Waals surface area contributed by atoms with Crippen molar-refractivity contribution in [3.05, 3.63) is 114 Å². The van der Waals surface area contributed by atoms with Gasteiger partial charge in [-0.2, -0.15) is 0 Å². The van der Waals surface area contributed by atoms with E-state index in [0.29, 0.717) is 23.3 Å². The summed E-state index contributed by atoms with van der Waals surface area (Å²) in [6, 6.07) is 25.1. The fourth-order valence-electron chi connectivity index (χ4n) is 4.68. The minimum atomic E-state index is -1.54. The van der Waals surface area contributed by atoms with Gasteiger partial charge in [0, 0.05) is 18.4 Å². The quantitative estimate of drug-likeness (QED) is 0.303. The van der Waals surface area contributed by atoms with Crippen LogP contribution in [0.3, 0.4) is 0 Å². The number of hydrogen-bond donors (Lipinski definition) is 2. The molecule has 2 atom stereocenters. The van der Waals surface area contributed by atoms with Crippen molar-refractivity contribution in [2.75, 3.05) is 6.61 Å². The minimum Gasteiger partial charge on any atom is -0.489 e. The van der Waals surface area contributed by atoms with Gasteiger partial charge in [-0.1, -0.05) is 71.9 Å². The van der Waals surface area contributed by atoms with E-state index in [-0.39, 0.29) is 31.6 Å². The van der Waals surface area contributed by atoms with Crippen LogP contribution in [0, 0.1) is 0 Å². The van der Waals surface area contributed by atoms with Crippen molar-refractivity contribution in [1.82, 2.24) is 10.1 Å². The van der Waals surface area contributed by atoms with Crippen LogP contribution in [0.5, 0.6) is 5.75 Å². The monoisotopic (exact) mass is 526 g/mol. The van der Waals surface area contributed by atoms with E-state index in [2.05, 4.69) is 5.16 Å². The van der Waals surface area contributed by atoms with Gasteiger partial charge in [-0.15, -0.1) is 0 Å². The molecular weight excluding hydrogens is 499 g/mol. The molecule has 1 aliphatic heterocycles. The van der Waals surface area contributed by atoms with Gasteiger partial charge in [-0.3, -0.25) is 4.79 Å². The molecule has 0 radical (unpaired) electrons. The molecule has 1 saturated heterocycles. The molecule has 3 aromatic carbocycles. The summed E-state index contributed by atoms with van der Waals surface area (Å²) in [6.45, 7) is 0.394. The van der Waals surface area contributed by atoms with Gasteiger partial charge < -0.3 is 24.0 Å². The highest BCUT2D eigenvalue weighted by Gasteiger charge is 2.39. The second-order valence-electron chi connectivity index (χ2n) is 9.34. The number of rotatable bonds is 10. The van der Waals surface area contributed by atoms with E-state index >= 15 is 0 Å². The molecule has 5 rings (SSSR count). The molecule has 198 valence electrons. The Balaban J connectivity index is 1.29. The minimum absolute atomic E-state index is 0.00338. The van der Waals surface area contributed by atoms with E-state index < -0.39 is 19.1 Å². The predicted molar refractivity (Wildman–Crippen MR) is 142 cm³/mol. The summed E-state index contributed by atoms with van der Waals surface area (Å²) in [4.78, 5) is 27.2. The molecule has 0 spiro atoms. The standard InChI is InChI=1S/C29H27BN2O7/c33-28(32-24(19-38-29(32)34)16-20-5-2-1-3-6-20)17-26(27-13-14-39-31-27)22-9-11-25(12-10-22)37-18-21-7-4-8-23(15-21)30(35)36/h1-15,24,26,35-36H,16-19H2/t24-,26-/m0/s1. The van der Waals surface area contributed by atoms with Crippen molar-refractivity contribution in [3.8, 4) is 5.75 Å². The third-order valence-electron chi connectivity index (χ3n) is 6.67. The molecule has 39 heavy (non-hydrogen) atoms. The number of imide groups is 1. The number of carbonyl (C=O) groups excluding carboxylic acids is 2. The van der Waals surface area contributed by atoms with Crippen LogP contribution >= 0.6 is 0 Å². The maximum Gasteiger partial charge on any atom is 0.488 e. The van der Waals surface area contributed by atoms with Crippen molar-refractivity contribution < 1.29 is 33.6 Å². The average Bonchev–Trinajstić information content (AvgIpc) is 3.62. The first-order valence-electron chi connectivity index (χ1n) is 12.6. The Morgan fingerprint density at radius 2 is 1.79 bits per heavy atom. The van der Waals surface area contributed by atoms with Gasteiger partial charge in [-0.25, -0.2) is 9.69 Å². The molecule has 0 unspecified atom stereocenters. The summed E-state index contributed by atoms with van der Waals surface area (Å²) in [5.41, 5.74) is 3.57. The molecule has 10 heteroatoms. The molecule has 9 nitrogen and oxygen atoms in total. The number of ether oxygens (including phenoxy) is 2. The molecule has 2 heterocycles. The van der Waals surface area contributed by atoms with Crippen LogP contribution in [-0.4, -0.2) is 51.9 Å². The van der Waals surface area contributed by atoms with Gasteiger partial charge in [0.25, 0.3) is 0 Å². The van der Waals surface area contributed by atoms with E-state index in [1.54, 1.807) is 36.4 Å². The molecule has 2 N–H and O–H groups in total. The second kappa shape index (κ2) is 12.0. The summed E-state index contributed by atoms with van der Waals surface area (Å²) in [5.74, 6) is -0.193. The van der Waals surface area contributed by atoms with Crippen LogP contribution in [0.25, 0.3) is 0 Å². The molecule has 1 fully saturated rings. The van der Waals surface area contributed by atoms with Crippen molar-refractivity contribution in [2.45, 2.75) is 31.4 Å². The highest BCUT2D eigenvalue weighted by molar-refractivity contribution is 6.58. The zero-order chi connectivity index (χ0) is 27.2. The number of carbonyl (C=O) groups is 2. The normalized spacial score (nSPS) is 15.6. The summed E-state index contributed by atoms with van der Waals surface area (Å²) < 4.78 is 16.2. The Morgan fingerprint density at radius 1 is 1.03 bits per heavy atom. The molecule has 0 bridgehead atoms. The van der Waals surface area contributed by atoms with Crippen LogP contribution in [0.4, 0.5) is 4.79 Å². The zero-order valence-corrected chi connectivity index (χ0v) is 21.1. The van der Waals surface area contributed by atoms with Crippen molar-refractivity contribution >= 4 is 24.6 Å². The molecule has 4 aromatic rings. The maximum atomic E-state index is 13.4. The van der Waals surface area contributed by atoms with E-state index in [0.717, 1.165) is 16.7 Å². The van der Waals surface area contributed by atoms with Gasteiger partial charge in [-0.05, 0) is 40.7 Å². The van der Waals surface area contributed by atoms with E-state index in [9.17, 15) is 19.6 Å². The van der Waals surface area contributed by atoms with Crippen LogP contribution < -0.4 is 10.2 Å². The molecule has 0 saturated carbocycles. The third-order valence-corrected chi connectivity index (χ3v) is 6.67. The second-order valence-corrected chi connectivity index (χ2v) is 9.34. The van der Waals surface area contributed by atoms with Gasteiger partial charge >= 0.3 is 13.2 Å². The smallest absolute Gasteiger partial charge is 0.488 e. The molecule has 0 aliphatic carbocycles. The number of hydrogen-bond acceptors (Lipinski definition) is 8. The summed E-state index contributed by atoms with van der Waals surface area (Å²) in [6.07, 6.45) is 1.33. The van der Waals surface area contributed by atoms with Gasteiger partial charge in [0.2, 0.25) is 5.91 Å². The number of benzene rings is 3. The first-order valence-corrected chi connectivity index (χ1v) is 12.6. The number of cyclic esters (lactones) is 1. The summed E-state index contributed by atoms with van der Waals surface area (Å²) in [7, 11) is -1.54. The largest absolute Gasteiger partial charge is 0.489 e. The molecule has 2 amide bonds. The van der Waals surface area contributed by atoms with E-state index in [1.165, 1.54) is 11.2 Å². The lowest BCUT2D eigenvalue weighted by atomic mass is 9.80. The summed E-state index contributed by atoms with van der Waals surface area (Å²) >= 11 is 0. The molecular formula is C29H27BN2O7. The first-order chi connectivity index (χ1) is 19.0. The van der Waals surface area contributed by atoms with Gasteiger partial charge in [0.15, 0.2) is 0 Å². The summed E-state index contributed by atoms with van der Waals surface area (Å²) in [5, 5.41) is 22.8. The van der Waals surface area contributed by atoms with Crippen LogP contribution in [0.15, 0.2) is 95.7 Å². The fraction of sp³-hybridized carbons (Fsp3) is 0.207. The number of amides is 2. The van der Waals surface area contributed by atoms with Gasteiger partial charge in [0.1, 0.15) is 25.2 Å². The Hall–Kier alpha value is -4.41. The van der Waals surface area contributed by atoms with Crippen LogP contribution in [0.2, 0.25) is 0 Å². The van der Waals surface area contributed by atoms with E-state index in [4.69, 9.17) is 14.0 Å². The average molecular weight is 526 g/mol. The maximum absolute atomic E-state index is 13.4. The number of aromatic nitrogens is 1. The lowest BCUT2D eigenvalue weighted by molar-refractivity contribution is -0.129. The van der Waals surface area contributed by atoms with Gasteiger partial charge in [0.05, 0.1) is 11.7 Å². The SMILES string of the molecule is O=C(C[C@@H](c1ccc(OCc2cccc(B(O)O)c2)cc1)c1ccon1)N1C(=O)OC[C@@H]1Cc1ccccc1. The highest BCUT2D eigenvalue weighted by Crippen LogP contribution is 2.31. The van der Waals surface area contributed by atoms with Crippen molar-refractivity contribution in [3.63, 3.8) is 0 Å². The third kappa shape index (κ3) is 6.36. The first kappa shape index (κ1) is 26.2. The van der Waals surface area contributed by atoms with Crippen molar-refractivity contribution in [2.24, 2.45) is 0 Å². The highest BCUT2D eigenvalue weighted by atomic mass is 16.6. The topological polar surface area (TPSA) is 122 Å². The Kier molecular flexibility index (Phi) is 8.05. The zero-order valence-electron chi connectivity index (χ0n) is 21.1. The predicted octanol–water partition coefficient (Wildman–Crippen LogP) is 3.05. The van der Waals surface area contributed by atoms with E-state index in [1.807, 2.05) is 48.5 Å². The van der Waals surface area contributed by atoms with Crippen LogP contribution in [0.1, 0.15) is 34.7 Å². The lowest BCUT2D eigenvalue weighted by Crippen LogP contribution is -2.40. The van der Waals surface area contributed by atoms with Crippen molar-refractivity contribution in [1.29, 1.82) is 0 Å². The van der Waals surface area contributed by atoms with Crippen LogP contribution in [-0.2, 0) is 22.6 Å².